The first-order chi connectivity index (χ1) is 11.7. The molecule has 0 amide bonds. The zero-order valence-electron chi connectivity index (χ0n) is 16.1. The van der Waals surface area contributed by atoms with E-state index in [-0.39, 0.29) is 13.5 Å². The summed E-state index contributed by atoms with van der Waals surface area (Å²) in [6.45, 7) is 20.3. The molecule has 140 valence electrons. The molecule has 1 aliphatic heterocycles. The summed E-state index contributed by atoms with van der Waals surface area (Å²) in [6.07, 6.45) is 8.31. The fourth-order valence-corrected chi connectivity index (χ4v) is 2.62. The highest BCUT2D eigenvalue weighted by molar-refractivity contribution is 6.00. The molecular weight excluding hydrogens is 304 g/mol. The Morgan fingerprint density at radius 2 is 1.92 bits per heavy atom. The highest BCUT2D eigenvalue weighted by Gasteiger charge is 2.25. The van der Waals surface area contributed by atoms with Crippen molar-refractivity contribution < 1.29 is 0 Å². The van der Waals surface area contributed by atoms with E-state index in [9.17, 15) is 0 Å². The van der Waals surface area contributed by atoms with Gasteiger partial charge in [0.1, 0.15) is 0 Å². The molecule has 0 fully saturated rings. The van der Waals surface area contributed by atoms with E-state index in [1.165, 1.54) is 11.3 Å². The first kappa shape index (κ1) is 25.2. The molecule has 0 saturated carbocycles. The maximum atomic E-state index is 4.93. The van der Waals surface area contributed by atoms with Crippen LogP contribution in [0.1, 0.15) is 53.5 Å². The van der Waals surface area contributed by atoms with Crippen LogP contribution in [0.25, 0.3) is 0 Å². The summed E-state index contributed by atoms with van der Waals surface area (Å²) in [5.41, 5.74) is 4.63. The van der Waals surface area contributed by atoms with Gasteiger partial charge in [0, 0.05) is 11.6 Å². The second-order valence-electron chi connectivity index (χ2n) is 5.31. The third-order valence-electron chi connectivity index (χ3n) is 3.80. The van der Waals surface area contributed by atoms with Crippen LogP contribution in [0.15, 0.2) is 61.2 Å². The van der Waals surface area contributed by atoms with Crippen molar-refractivity contribution in [1.29, 1.82) is 0 Å². The molecule has 25 heavy (non-hydrogen) atoms. The van der Waals surface area contributed by atoms with E-state index in [4.69, 9.17) is 4.99 Å². The SMILES string of the molecule is C.C=C.C=CC(CC)C1=Nc2cc(C)ccc2NC1C/C=C\C.CC. The van der Waals surface area contributed by atoms with E-state index in [2.05, 4.69) is 76.2 Å². The normalized spacial score (nSPS) is 15.7. The number of hydrogen-bond donors (Lipinski definition) is 1. The second-order valence-corrected chi connectivity index (χ2v) is 5.31. The summed E-state index contributed by atoms with van der Waals surface area (Å²) in [6, 6.07) is 6.67. The molecule has 0 spiro atoms. The molecule has 0 aromatic heterocycles. The average Bonchev–Trinajstić information content (AvgIpc) is 2.64. The lowest BCUT2D eigenvalue weighted by Crippen LogP contribution is -2.35. The zero-order valence-corrected chi connectivity index (χ0v) is 16.1. The highest BCUT2D eigenvalue weighted by atomic mass is 15.0. The number of fused-ring (bicyclic) bond motifs is 1. The Morgan fingerprint density at radius 3 is 2.44 bits per heavy atom. The van der Waals surface area contributed by atoms with Crippen LogP contribution in [0.3, 0.4) is 0 Å². The van der Waals surface area contributed by atoms with Crippen LogP contribution >= 0.6 is 0 Å². The van der Waals surface area contributed by atoms with Crippen molar-refractivity contribution in [2.24, 2.45) is 10.9 Å². The topological polar surface area (TPSA) is 24.4 Å². The third kappa shape index (κ3) is 7.13. The van der Waals surface area contributed by atoms with Gasteiger partial charge in [-0.25, -0.2) is 0 Å². The monoisotopic (exact) mass is 342 g/mol. The van der Waals surface area contributed by atoms with Crippen molar-refractivity contribution in [2.75, 3.05) is 5.32 Å². The lowest BCUT2D eigenvalue weighted by Gasteiger charge is -2.30. The number of allylic oxidation sites excluding steroid dienone is 2. The van der Waals surface area contributed by atoms with Gasteiger partial charge in [-0.3, -0.25) is 4.99 Å². The summed E-state index contributed by atoms with van der Waals surface area (Å²) < 4.78 is 0. The minimum Gasteiger partial charge on any atom is -0.375 e. The molecule has 1 aliphatic rings. The molecule has 2 rings (SSSR count). The molecule has 0 aliphatic carbocycles. The number of nitrogens with zero attached hydrogens (tertiary/aromatic N) is 1. The molecule has 1 aromatic rings. The number of anilines is 1. The van der Waals surface area contributed by atoms with Gasteiger partial charge in [0.05, 0.1) is 17.4 Å². The Balaban J connectivity index is 0. The first-order valence-corrected chi connectivity index (χ1v) is 8.89. The van der Waals surface area contributed by atoms with Crippen LogP contribution in [-0.2, 0) is 0 Å². The molecule has 1 aromatic carbocycles. The predicted molar refractivity (Wildman–Crippen MR) is 118 cm³/mol. The largest absolute Gasteiger partial charge is 0.375 e. The van der Waals surface area contributed by atoms with Crippen molar-refractivity contribution in [3.8, 4) is 0 Å². The van der Waals surface area contributed by atoms with Gasteiger partial charge in [-0.05, 0) is 44.4 Å². The van der Waals surface area contributed by atoms with E-state index in [1.807, 2.05) is 19.9 Å². The van der Waals surface area contributed by atoms with Gasteiger partial charge >= 0.3 is 0 Å². The molecule has 1 heterocycles. The van der Waals surface area contributed by atoms with Gasteiger partial charge in [-0.15, -0.1) is 19.7 Å². The van der Waals surface area contributed by atoms with E-state index in [0.717, 1.165) is 24.2 Å². The molecular formula is C23H38N2. The minimum atomic E-state index is 0. The summed E-state index contributed by atoms with van der Waals surface area (Å²) >= 11 is 0. The Labute approximate surface area is 156 Å². The fourth-order valence-electron chi connectivity index (χ4n) is 2.62. The van der Waals surface area contributed by atoms with Crippen molar-refractivity contribution in [2.45, 2.75) is 60.9 Å². The van der Waals surface area contributed by atoms with Gasteiger partial charge in [0.25, 0.3) is 0 Å². The second kappa shape index (κ2) is 14.3. The van der Waals surface area contributed by atoms with Crippen LogP contribution in [0, 0.1) is 12.8 Å². The van der Waals surface area contributed by atoms with Crippen molar-refractivity contribution in [3.63, 3.8) is 0 Å². The minimum absolute atomic E-state index is 0. The van der Waals surface area contributed by atoms with Gasteiger partial charge in [-0.1, -0.05) is 52.5 Å². The van der Waals surface area contributed by atoms with E-state index >= 15 is 0 Å². The number of rotatable bonds is 5. The molecule has 2 heteroatoms. The summed E-state index contributed by atoms with van der Waals surface area (Å²) in [5.74, 6) is 0.339. The predicted octanol–water partition coefficient (Wildman–Crippen LogP) is 7.50. The van der Waals surface area contributed by atoms with Crippen LogP contribution in [0.5, 0.6) is 0 Å². The van der Waals surface area contributed by atoms with Crippen molar-refractivity contribution in [1.82, 2.24) is 0 Å². The highest BCUT2D eigenvalue weighted by Crippen LogP contribution is 2.33. The summed E-state index contributed by atoms with van der Waals surface area (Å²) in [4.78, 5) is 4.93. The fraction of sp³-hybridized carbons (Fsp3) is 0.435. The van der Waals surface area contributed by atoms with Gasteiger partial charge < -0.3 is 5.32 Å². The number of hydrogen-bond acceptors (Lipinski definition) is 2. The maximum Gasteiger partial charge on any atom is 0.0864 e. The van der Waals surface area contributed by atoms with E-state index < -0.39 is 0 Å². The number of aryl methyl sites for hydroxylation is 1. The quantitative estimate of drug-likeness (QED) is 0.550. The average molecular weight is 343 g/mol. The van der Waals surface area contributed by atoms with Gasteiger partial charge in [-0.2, -0.15) is 0 Å². The Morgan fingerprint density at radius 1 is 1.28 bits per heavy atom. The molecule has 2 unspecified atom stereocenters. The molecule has 2 atom stereocenters. The number of benzene rings is 1. The number of aliphatic imine (C=N–C) groups is 1. The lowest BCUT2D eigenvalue weighted by atomic mass is 9.91. The Hall–Kier alpha value is -2.09. The van der Waals surface area contributed by atoms with E-state index in [1.54, 1.807) is 0 Å². The smallest absolute Gasteiger partial charge is 0.0864 e. The van der Waals surface area contributed by atoms with Crippen LogP contribution in [0.4, 0.5) is 11.4 Å². The molecule has 0 bridgehead atoms. The zero-order chi connectivity index (χ0) is 18.5. The van der Waals surface area contributed by atoms with Gasteiger partial charge in [0.15, 0.2) is 0 Å². The first-order valence-electron chi connectivity index (χ1n) is 8.89. The van der Waals surface area contributed by atoms with Crippen LogP contribution in [0.2, 0.25) is 0 Å². The molecule has 1 N–H and O–H groups in total. The standard InChI is InChI=1S/C18H24N2.C2H6.C2H4.CH4/c1-5-8-9-16-18(14(6-2)7-3)20-17-12-13(4)10-11-15(17)19-16;2*1-2;/h5-6,8,10-12,14,16,19H,2,7,9H2,1,3-4H3;1-2H3;1-2H2;1H4/b8-5-;;;. The molecule has 2 nitrogen and oxygen atoms in total. The maximum absolute atomic E-state index is 4.93. The number of nitrogens with one attached hydrogen (secondary N) is 1. The van der Waals surface area contributed by atoms with Gasteiger partial charge in [0.2, 0.25) is 0 Å². The van der Waals surface area contributed by atoms with Crippen LogP contribution in [-0.4, -0.2) is 11.8 Å². The summed E-state index contributed by atoms with van der Waals surface area (Å²) in [5, 5.41) is 3.63. The molecule has 0 saturated heterocycles. The third-order valence-corrected chi connectivity index (χ3v) is 3.80. The van der Waals surface area contributed by atoms with Crippen molar-refractivity contribution in [3.05, 3.63) is 61.7 Å². The lowest BCUT2D eigenvalue weighted by molar-refractivity contribution is 0.762. The van der Waals surface area contributed by atoms with Crippen molar-refractivity contribution >= 4 is 17.1 Å². The Bertz CT molecular complexity index is 555. The van der Waals surface area contributed by atoms with E-state index in [0.29, 0.717) is 5.92 Å². The summed E-state index contributed by atoms with van der Waals surface area (Å²) in [7, 11) is 0. The Kier molecular flexibility index (Phi) is 14.4. The molecule has 0 radical (unpaired) electrons. The van der Waals surface area contributed by atoms with Crippen LogP contribution < -0.4 is 5.32 Å².